The van der Waals surface area contributed by atoms with E-state index >= 15 is 0 Å². The first-order valence-corrected chi connectivity index (χ1v) is 6.87. The number of hydrogen-bond acceptors (Lipinski definition) is 2. The van der Waals surface area contributed by atoms with Gasteiger partial charge < -0.3 is 9.88 Å². The molecule has 1 N–H and O–H groups in total. The zero-order valence-electron chi connectivity index (χ0n) is 11.6. The normalized spacial score (nSPS) is 11.6. The van der Waals surface area contributed by atoms with Gasteiger partial charge in [-0.1, -0.05) is 26.7 Å². The Morgan fingerprint density at radius 3 is 2.78 bits per heavy atom. The molecule has 98 valence electrons. The van der Waals surface area contributed by atoms with Crippen LogP contribution in [0.1, 0.15) is 32.3 Å². The smallest absolute Gasteiger partial charge is 0.140 e. The second kappa shape index (κ2) is 6.01. The van der Waals surface area contributed by atoms with Crippen molar-refractivity contribution in [3.05, 3.63) is 30.1 Å². The Kier molecular flexibility index (Phi) is 4.37. The molecule has 0 atom stereocenters. The summed E-state index contributed by atoms with van der Waals surface area (Å²) in [6.07, 6.45) is 6.59. The summed E-state index contributed by atoms with van der Waals surface area (Å²) in [5, 5.41) is 4.51. The Bertz CT molecular complexity index is 497. The van der Waals surface area contributed by atoms with E-state index in [9.17, 15) is 0 Å². The molecule has 0 aliphatic rings. The summed E-state index contributed by atoms with van der Waals surface area (Å²) in [5.41, 5.74) is 2.46. The number of fused-ring (bicyclic) bond motifs is 1. The van der Waals surface area contributed by atoms with Crippen molar-refractivity contribution in [3.8, 4) is 0 Å². The monoisotopic (exact) mass is 245 g/mol. The second-order valence-corrected chi connectivity index (χ2v) is 4.89. The van der Waals surface area contributed by atoms with Gasteiger partial charge in [0.15, 0.2) is 0 Å². The molecule has 0 unspecified atom stereocenters. The largest absolute Gasteiger partial charge is 0.332 e. The van der Waals surface area contributed by atoms with Gasteiger partial charge in [-0.15, -0.1) is 0 Å². The van der Waals surface area contributed by atoms with Crippen LogP contribution >= 0.6 is 0 Å². The lowest BCUT2D eigenvalue weighted by molar-refractivity contribution is 0.424. The fourth-order valence-corrected chi connectivity index (χ4v) is 2.49. The summed E-state index contributed by atoms with van der Waals surface area (Å²) in [5.74, 6) is 0.741. The Morgan fingerprint density at radius 2 is 2.11 bits per heavy atom. The Balaban J connectivity index is 2.37. The summed E-state index contributed by atoms with van der Waals surface area (Å²) in [7, 11) is 1.99. The van der Waals surface area contributed by atoms with Crippen molar-refractivity contribution in [3.63, 3.8) is 0 Å². The maximum atomic E-state index is 4.54. The van der Waals surface area contributed by atoms with E-state index in [4.69, 9.17) is 0 Å². The number of hydrogen-bond donors (Lipinski definition) is 1. The van der Waals surface area contributed by atoms with Crippen LogP contribution in [0.15, 0.2) is 24.5 Å². The minimum absolute atomic E-state index is 0.741. The van der Waals surface area contributed by atoms with Gasteiger partial charge in [0.25, 0.3) is 0 Å². The number of nitrogens with one attached hydrogen (secondary N) is 1. The highest BCUT2D eigenvalue weighted by Crippen LogP contribution is 2.22. The van der Waals surface area contributed by atoms with Crippen LogP contribution < -0.4 is 5.32 Å². The first kappa shape index (κ1) is 13.1. The van der Waals surface area contributed by atoms with Gasteiger partial charge in [0.2, 0.25) is 0 Å². The molecule has 0 fully saturated rings. The van der Waals surface area contributed by atoms with E-state index in [0.717, 1.165) is 24.7 Å². The minimum atomic E-state index is 0.741. The van der Waals surface area contributed by atoms with Crippen LogP contribution in [-0.4, -0.2) is 16.6 Å². The van der Waals surface area contributed by atoms with Crippen LogP contribution in [0, 0.1) is 5.92 Å². The van der Waals surface area contributed by atoms with Crippen LogP contribution in [0.2, 0.25) is 0 Å². The van der Waals surface area contributed by atoms with E-state index in [1.807, 2.05) is 19.3 Å². The van der Waals surface area contributed by atoms with Crippen molar-refractivity contribution in [1.29, 1.82) is 0 Å². The Labute approximate surface area is 109 Å². The molecule has 18 heavy (non-hydrogen) atoms. The van der Waals surface area contributed by atoms with Crippen LogP contribution in [-0.2, 0) is 13.1 Å². The summed E-state index contributed by atoms with van der Waals surface area (Å²) < 4.78 is 2.32. The molecule has 0 bridgehead atoms. The average Bonchev–Trinajstić information content (AvgIpc) is 2.75. The quantitative estimate of drug-likeness (QED) is 0.847. The average molecular weight is 245 g/mol. The van der Waals surface area contributed by atoms with Crippen molar-refractivity contribution in [2.75, 3.05) is 7.05 Å². The molecule has 0 aliphatic heterocycles. The Morgan fingerprint density at radius 1 is 1.33 bits per heavy atom. The molecule has 3 heteroatoms. The summed E-state index contributed by atoms with van der Waals surface area (Å²) in [6, 6.07) is 4.18. The lowest BCUT2D eigenvalue weighted by atomic mass is 10.0. The zero-order valence-corrected chi connectivity index (χ0v) is 11.6. The van der Waals surface area contributed by atoms with Gasteiger partial charge >= 0.3 is 0 Å². The van der Waals surface area contributed by atoms with Crippen molar-refractivity contribution in [1.82, 2.24) is 14.9 Å². The molecule has 0 aromatic carbocycles. The number of nitrogens with zero attached hydrogens (tertiary/aromatic N) is 2. The van der Waals surface area contributed by atoms with E-state index in [-0.39, 0.29) is 0 Å². The van der Waals surface area contributed by atoms with Gasteiger partial charge in [-0.3, -0.25) is 0 Å². The predicted octanol–water partition coefficient (Wildman–Crippen LogP) is 3.19. The highest BCUT2D eigenvalue weighted by atomic mass is 15.0. The molecular formula is C15H23N3. The lowest BCUT2D eigenvalue weighted by Crippen LogP contribution is -2.09. The molecule has 3 nitrogen and oxygen atoms in total. The van der Waals surface area contributed by atoms with E-state index in [0.29, 0.717) is 0 Å². The standard InChI is InChI=1S/C15H23N3/c1-4-12(5-2)10-18-11-13(9-16-3)14-7-6-8-17-15(14)18/h6-8,11-12,16H,4-5,9-10H2,1-3H3. The molecule has 0 amide bonds. The molecule has 2 rings (SSSR count). The van der Waals surface area contributed by atoms with Crippen LogP contribution in [0.5, 0.6) is 0 Å². The number of pyridine rings is 1. The van der Waals surface area contributed by atoms with Crippen molar-refractivity contribution < 1.29 is 0 Å². The third-order valence-corrected chi connectivity index (χ3v) is 3.69. The first-order valence-electron chi connectivity index (χ1n) is 6.87. The summed E-state index contributed by atoms with van der Waals surface area (Å²) >= 11 is 0. The molecule has 2 aromatic rings. The van der Waals surface area contributed by atoms with Gasteiger partial charge in [0.05, 0.1) is 0 Å². The molecule has 0 radical (unpaired) electrons. The molecule has 0 saturated carbocycles. The summed E-state index contributed by atoms with van der Waals surface area (Å²) in [6.45, 7) is 6.51. The third-order valence-electron chi connectivity index (χ3n) is 3.69. The van der Waals surface area contributed by atoms with E-state index in [1.54, 1.807) is 0 Å². The Hall–Kier alpha value is -1.35. The zero-order chi connectivity index (χ0) is 13.0. The molecule has 0 aliphatic carbocycles. The van der Waals surface area contributed by atoms with Crippen molar-refractivity contribution in [2.24, 2.45) is 5.92 Å². The van der Waals surface area contributed by atoms with Crippen LogP contribution in [0.25, 0.3) is 11.0 Å². The van der Waals surface area contributed by atoms with Crippen LogP contribution in [0.4, 0.5) is 0 Å². The van der Waals surface area contributed by atoms with E-state index in [2.05, 4.69) is 41.0 Å². The fraction of sp³-hybridized carbons (Fsp3) is 0.533. The number of rotatable bonds is 6. The lowest BCUT2D eigenvalue weighted by Gasteiger charge is -2.13. The number of aromatic nitrogens is 2. The molecule has 0 saturated heterocycles. The van der Waals surface area contributed by atoms with Crippen molar-refractivity contribution in [2.45, 2.75) is 39.8 Å². The van der Waals surface area contributed by atoms with Gasteiger partial charge in [0, 0.05) is 30.9 Å². The highest BCUT2D eigenvalue weighted by Gasteiger charge is 2.11. The highest BCUT2D eigenvalue weighted by molar-refractivity contribution is 5.80. The van der Waals surface area contributed by atoms with Gasteiger partial charge in [-0.25, -0.2) is 4.98 Å². The molecular weight excluding hydrogens is 222 g/mol. The predicted molar refractivity (Wildman–Crippen MR) is 76.6 cm³/mol. The van der Waals surface area contributed by atoms with Crippen molar-refractivity contribution >= 4 is 11.0 Å². The molecule has 2 aromatic heterocycles. The first-order chi connectivity index (χ1) is 8.80. The minimum Gasteiger partial charge on any atom is -0.332 e. The van der Waals surface area contributed by atoms with E-state index < -0.39 is 0 Å². The van der Waals surface area contributed by atoms with Gasteiger partial charge in [-0.2, -0.15) is 0 Å². The van der Waals surface area contributed by atoms with Gasteiger partial charge in [0.1, 0.15) is 5.65 Å². The third kappa shape index (κ3) is 2.56. The van der Waals surface area contributed by atoms with Gasteiger partial charge in [-0.05, 0) is 30.7 Å². The molecule has 0 spiro atoms. The molecule has 2 heterocycles. The maximum Gasteiger partial charge on any atom is 0.140 e. The van der Waals surface area contributed by atoms with E-state index in [1.165, 1.54) is 23.8 Å². The maximum absolute atomic E-state index is 4.54. The SMILES string of the molecule is CCC(CC)Cn1cc(CNC)c2cccnc21. The summed E-state index contributed by atoms with van der Waals surface area (Å²) in [4.78, 5) is 4.54. The topological polar surface area (TPSA) is 29.9 Å². The second-order valence-electron chi connectivity index (χ2n) is 4.89. The van der Waals surface area contributed by atoms with Crippen LogP contribution in [0.3, 0.4) is 0 Å². The fourth-order valence-electron chi connectivity index (χ4n) is 2.49.